The number of Topliss-reactive ketones (excluding diaryl/α,β-unsaturated/α-hetero) is 1. The lowest BCUT2D eigenvalue weighted by Gasteiger charge is -2.11. The molecule has 33 heavy (non-hydrogen) atoms. The van der Waals surface area contributed by atoms with E-state index in [2.05, 4.69) is 58.9 Å². The van der Waals surface area contributed by atoms with Gasteiger partial charge < -0.3 is 11.1 Å². The van der Waals surface area contributed by atoms with E-state index in [-0.39, 0.29) is 11.5 Å². The molecular formula is C28H47N2O2P. The number of nitrogens with one attached hydrogen (secondary N) is 1. The van der Waals surface area contributed by atoms with Crippen LogP contribution >= 0.6 is 9.24 Å². The van der Waals surface area contributed by atoms with Crippen LogP contribution in [0.15, 0.2) is 54.0 Å². The molecule has 0 aliphatic heterocycles. The van der Waals surface area contributed by atoms with Gasteiger partial charge in [0.05, 0.1) is 5.70 Å². The average molecular weight is 475 g/mol. The van der Waals surface area contributed by atoms with Gasteiger partial charge in [-0.25, -0.2) is 0 Å². The van der Waals surface area contributed by atoms with Crippen molar-refractivity contribution in [2.75, 3.05) is 0 Å². The molecule has 0 fully saturated rings. The van der Waals surface area contributed by atoms with Crippen LogP contribution in [0, 0.1) is 0 Å². The molecular weight excluding hydrogens is 427 g/mol. The molecule has 1 rings (SSSR count). The highest BCUT2D eigenvalue weighted by molar-refractivity contribution is 7.27. The van der Waals surface area contributed by atoms with E-state index in [0.29, 0.717) is 12.7 Å². The lowest BCUT2D eigenvalue weighted by Crippen LogP contribution is -2.11. The molecule has 5 heteroatoms. The van der Waals surface area contributed by atoms with Crippen molar-refractivity contribution in [2.24, 2.45) is 5.73 Å². The van der Waals surface area contributed by atoms with Crippen LogP contribution in [0.4, 0.5) is 0 Å². The Labute approximate surface area is 205 Å². The third-order valence-corrected chi connectivity index (χ3v) is 5.21. The smallest absolute Gasteiger partial charge is 0.178 e. The standard InChI is InChI=1S/C24H35N2O2P.2C2H6/c1-3-4-11-20(26-18-19(2)21-13-9-10-15-24(21)29)12-7-5-6-8-14-23(28)22(25)16-17-27;2*1-2/h9-11,13,15-18,26H,3-8,12,14,25,29H2,1-2H3;2*1-2H3/b19-18+,20-11+,22-16-;;. The first-order valence-corrected chi connectivity index (χ1v) is 13.0. The van der Waals surface area contributed by atoms with Gasteiger partial charge in [0.2, 0.25) is 0 Å². The number of hydrogen-bond donors (Lipinski definition) is 2. The molecule has 186 valence electrons. The Morgan fingerprint density at radius 3 is 2.21 bits per heavy atom. The molecule has 0 heterocycles. The summed E-state index contributed by atoms with van der Waals surface area (Å²) >= 11 is 0. The third kappa shape index (κ3) is 16.1. The zero-order valence-corrected chi connectivity index (χ0v) is 22.9. The number of carbonyl (C=O) groups is 2. The Balaban J connectivity index is 0. The normalized spacial score (nSPS) is 11.5. The molecule has 0 aromatic heterocycles. The molecule has 4 nitrogen and oxygen atoms in total. The summed E-state index contributed by atoms with van der Waals surface area (Å²) in [6.45, 7) is 12.3. The Hall–Kier alpha value is -2.19. The average Bonchev–Trinajstić information content (AvgIpc) is 2.85. The van der Waals surface area contributed by atoms with Crippen molar-refractivity contribution >= 4 is 32.2 Å². The lowest BCUT2D eigenvalue weighted by molar-refractivity contribution is -0.116. The molecule has 1 unspecified atom stereocenters. The monoisotopic (exact) mass is 474 g/mol. The highest BCUT2D eigenvalue weighted by Gasteiger charge is 2.05. The maximum atomic E-state index is 11.7. The second-order valence-corrected chi connectivity index (χ2v) is 7.79. The summed E-state index contributed by atoms with van der Waals surface area (Å²) in [6, 6.07) is 8.32. The minimum atomic E-state index is -0.141. The predicted molar refractivity (Wildman–Crippen MR) is 149 cm³/mol. The van der Waals surface area contributed by atoms with E-state index in [1.54, 1.807) is 0 Å². The van der Waals surface area contributed by atoms with Gasteiger partial charge in [-0.2, -0.15) is 0 Å². The molecule has 0 saturated carbocycles. The van der Waals surface area contributed by atoms with Crippen molar-refractivity contribution in [3.8, 4) is 0 Å². The molecule has 0 bridgehead atoms. The molecule has 0 radical (unpaired) electrons. The van der Waals surface area contributed by atoms with Crippen molar-refractivity contribution in [3.05, 3.63) is 59.6 Å². The van der Waals surface area contributed by atoms with E-state index < -0.39 is 0 Å². The lowest BCUT2D eigenvalue weighted by atomic mass is 10.1. The third-order valence-electron chi connectivity index (χ3n) is 4.71. The fraction of sp³-hybridized carbons (Fsp3) is 0.500. The number of benzene rings is 1. The SMILES string of the molecule is CC.CC.CCC/C=C(\CCCCCCC(=O)/C(N)=C/C=O)N/C=C(\C)c1ccccc1P. The Morgan fingerprint density at radius 2 is 1.64 bits per heavy atom. The molecule has 1 aromatic rings. The van der Waals surface area contributed by atoms with Crippen LogP contribution in [0.2, 0.25) is 0 Å². The van der Waals surface area contributed by atoms with E-state index in [0.717, 1.165) is 51.0 Å². The number of nitrogens with two attached hydrogens (primary N) is 1. The quantitative estimate of drug-likeness (QED) is 0.134. The van der Waals surface area contributed by atoms with Gasteiger partial charge in [0.1, 0.15) is 6.29 Å². The van der Waals surface area contributed by atoms with Crippen LogP contribution in [0.25, 0.3) is 5.57 Å². The van der Waals surface area contributed by atoms with Gasteiger partial charge in [-0.1, -0.05) is 84.2 Å². The Bertz CT molecular complexity index is 752. The van der Waals surface area contributed by atoms with Crippen LogP contribution in [0.1, 0.15) is 98.5 Å². The summed E-state index contributed by atoms with van der Waals surface area (Å²) in [5, 5.41) is 4.69. The highest BCUT2D eigenvalue weighted by Crippen LogP contribution is 2.15. The Kier molecular flexibility index (Phi) is 23.0. The molecule has 0 amide bonds. The summed E-state index contributed by atoms with van der Waals surface area (Å²) < 4.78 is 0. The number of carbonyl (C=O) groups excluding carboxylic acids is 2. The maximum Gasteiger partial charge on any atom is 0.178 e. The van der Waals surface area contributed by atoms with Gasteiger partial charge in [0.25, 0.3) is 0 Å². The molecule has 3 N–H and O–H groups in total. The molecule has 0 aliphatic carbocycles. The fourth-order valence-corrected chi connectivity index (χ4v) is 3.39. The summed E-state index contributed by atoms with van der Waals surface area (Å²) in [5.74, 6) is -0.141. The minimum Gasteiger partial charge on any atom is -0.396 e. The summed E-state index contributed by atoms with van der Waals surface area (Å²) in [7, 11) is 2.79. The first-order valence-electron chi connectivity index (χ1n) is 12.4. The van der Waals surface area contributed by atoms with E-state index in [9.17, 15) is 9.59 Å². The largest absolute Gasteiger partial charge is 0.396 e. The van der Waals surface area contributed by atoms with E-state index in [1.165, 1.54) is 22.1 Å². The van der Waals surface area contributed by atoms with Gasteiger partial charge in [0.15, 0.2) is 5.78 Å². The summed E-state index contributed by atoms with van der Waals surface area (Å²) in [6.07, 6.45) is 13.6. The van der Waals surface area contributed by atoms with Crippen molar-refractivity contribution in [1.29, 1.82) is 0 Å². The van der Waals surface area contributed by atoms with Gasteiger partial charge in [-0.15, -0.1) is 9.24 Å². The predicted octanol–water partition coefficient (Wildman–Crippen LogP) is 6.83. The van der Waals surface area contributed by atoms with Crippen molar-refractivity contribution in [3.63, 3.8) is 0 Å². The number of aldehydes is 1. The number of unbranched alkanes of at least 4 members (excludes halogenated alkanes) is 4. The van der Waals surface area contributed by atoms with Crippen LogP contribution < -0.4 is 16.4 Å². The zero-order chi connectivity index (χ0) is 25.5. The summed E-state index contributed by atoms with van der Waals surface area (Å²) in [4.78, 5) is 22.0. The van der Waals surface area contributed by atoms with Gasteiger partial charge >= 0.3 is 0 Å². The van der Waals surface area contributed by atoms with Crippen LogP contribution in [0.3, 0.4) is 0 Å². The fourth-order valence-electron chi connectivity index (χ4n) is 2.95. The van der Waals surface area contributed by atoms with Crippen molar-refractivity contribution in [1.82, 2.24) is 5.32 Å². The van der Waals surface area contributed by atoms with E-state index >= 15 is 0 Å². The maximum absolute atomic E-state index is 11.7. The first kappa shape index (κ1) is 33.0. The van der Waals surface area contributed by atoms with Crippen LogP contribution in [-0.4, -0.2) is 12.1 Å². The summed E-state index contributed by atoms with van der Waals surface area (Å²) in [5.41, 5.74) is 9.27. The van der Waals surface area contributed by atoms with E-state index in [4.69, 9.17) is 5.73 Å². The number of hydrogen-bond acceptors (Lipinski definition) is 4. The number of allylic oxidation sites excluding steroid dienone is 5. The second-order valence-electron chi connectivity index (χ2n) is 7.17. The first-order chi connectivity index (χ1) is 16.0. The van der Waals surface area contributed by atoms with E-state index in [1.807, 2.05) is 33.8 Å². The van der Waals surface area contributed by atoms with Gasteiger partial charge in [0, 0.05) is 24.4 Å². The highest BCUT2D eigenvalue weighted by atomic mass is 31.0. The van der Waals surface area contributed by atoms with Crippen LogP contribution in [0.5, 0.6) is 0 Å². The second kappa shape index (κ2) is 23.0. The topological polar surface area (TPSA) is 72.2 Å². The van der Waals surface area contributed by atoms with Gasteiger partial charge in [-0.05, 0) is 49.0 Å². The van der Waals surface area contributed by atoms with Crippen LogP contribution in [-0.2, 0) is 9.59 Å². The van der Waals surface area contributed by atoms with Gasteiger partial charge in [-0.3, -0.25) is 9.59 Å². The van der Waals surface area contributed by atoms with Crippen molar-refractivity contribution in [2.45, 2.75) is 92.9 Å². The molecule has 0 spiro atoms. The minimum absolute atomic E-state index is 0.0585. The zero-order valence-electron chi connectivity index (χ0n) is 21.7. The number of ketones is 1. The molecule has 0 aliphatic rings. The number of rotatable bonds is 14. The molecule has 1 atom stereocenters. The Morgan fingerprint density at radius 1 is 1.03 bits per heavy atom. The molecule has 1 aromatic carbocycles. The van der Waals surface area contributed by atoms with Crippen molar-refractivity contribution < 1.29 is 9.59 Å². The molecule has 0 saturated heterocycles.